The maximum Gasteiger partial charge on any atom is 0.253 e. The van der Waals surface area contributed by atoms with Gasteiger partial charge < -0.3 is 10.1 Å². The smallest absolute Gasteiger partial charge is 0.253 e. The number of methoxy groups -OCH3 is 1. The standard InChI is InChI=1S/C10H13NO2/c1-11-10(12)9(13-2)8-6-4-3-5-7-8/h3-7,9H,1-2H3,(H,11,12)/t9-/m0/s1. The highest BCUT2D eigenvalue weighted by molar-refractivity contribution is 5.81. The molecule has 1 atom stereocenters. The van der Waals surface area contributed by atoms with Gasteiger partial charge in [0.05, 0.1) is 0 Å². The summed E-state index contributed by atoms with van der Waals surface area (Å²) < 4.78 is 5.08. The Morgan fingerprint density at radius 3 is 2.46 bits per heavy atom. The molecule has 1 rings (SSSR count). The number of nitrogens with one attached hydrogen (secondary N) is 1. The summed E-state index contributed by atoms with van der Waals surface area (Å²) in [5.41, 5.74) is 0.865. The van der Waals surface area contributed by atoms with Crippen LogP contribution in [0.1, 0.15) is 11.7 Å². The fourth-order valence-electron chi connectivity index (χ4n) is 1.15. The van der Waals surface area contributed by atoms with Crippen molar-refractivity contribution in [1.82, 2.24) is 5.32 Å². The Kier molecular flexibility index (Phi) is 3.46. The van der Waals surface area contributed by atoms with E-state index in [1.807, 2.05) is 30.3 Å². The number of ether oxygens (including phenoxy) is 1. The maximum absolute atomic E-state index is 11.3. The highest BCUT2D eigenvalue weighted by atomic mass is 16.5. The predicted octanol–water partition coefficient (Wildman–Crippen LogP) is 1.12. The van der Waals surface area contributed by atoms with Gasteiger partial charge in [-0.3, -0.25) is 4.79 Å². The van der Waals surface area contributed by atoms with Crippen molar-refractivity contribution in [2.75, 3.05) is 14.2 Å². The molecule has 0 heterocycles. The van der Waals surface area contributed by atoms with Crippen molar-refractivity contribution >= 4 is 5.91 Å². The Morgan fingerprint density at radius 2 is 2.00 bits per heavy atom. The third kappa shape index (κ3) is 2.29. The molecule has 0 spiro atoms. The topological polar surface area (TPSA) is 38.3 Å². The van der Waals surface area contributed by atoms with Gasteiger partial charge in [-0.1, -0.05) is 30.3 Å². The van der Waals surface area contributed by atoms with E-state index in [0.29, 0.717) is 0 Å². The number of amides is 1. The molecule has 70 valence electrons. The van der Waals surface area contributed by atoms with Gasteiger partial charge in [-0.15, -0.1) is 0 Å². The van der Waals surface area contributed by atoms with Crippen molar-refractivity contribution in [3.05, 3.63) is 35.9 Å². The van der Waals surface area contributed by atoms with Gasteiger partial charge in [0, 0.05) is 14.2 Å². The molecule has 0 aliphatic heterocycles. The first-order valence-corrected chi connectivity index (χ1v) is 4.09. The monoisotopic (exact) mass is 179 g/mol. The molecule has 1 amide bonds. The normalized spacial score (nSPS) is 12.2. The number of hydrogen-bond acceptors (Lipinski definition) is 2. The molecule has 0 aliphatic rings. The van der Waals surface area contributed by atoms with E-state index in [4.69, 9.17) is 4.74 Å². The minimum absolute atomic E-state index is 0.131. The second kappa shape index (κ2) is 4.62. The fraction of sp³-hybridized carbons (Fsp3) is 0.300. The fourth-order valence-corrected chi connectivity index (χ4v) is 1.15. The van der Waals surface area contributed by atoms with Crippen LogP contribution < -0.4 is 5.32 Å². The number of likely N-dealkylation sites (N-methyl/N-ethyl adjacent to an activating group) is 1. The van der Waals surface area contributed by atoms with Gasteiger partial charge in [0.25, 0.3) is 5.91 Å². The Balaban J connectivity index is 2.85. The summed E-state index contributed by atoms with van der Waals surface area (Å²) >= 11 is 0. The van der Waals surface area contributed by atoms with E-state index in [1.54, 1.807) is 7.05 Å². The van der Waals surface area contributed by atoms with Crippen LogP contribution in [-0.2, 0) is 9.53 Å². The summed E-state index contributed by atoms with van der Waals surface area (Å²) in [6.45, 7) is 0. The molecule has 0 saturated carbocycles. The van der Waals surface area contributed by atoms with E-state index >= 15 is 0 Å². The van der Waals surface area contributed by atoms with Gasteiger partial charge in [0.15, 0.2) is 6.10 Å². The highest BCUT2D eigenvalue weighted by Crippen LogP contribution is 2.15. The van der Waals surface area contributed by atoms with E-state index in [-0.39, 0.29) is 5.91 Å². The number of carbonyl (C=O) groups excluding carboxylic acids is 1. The number of benzene rings is 1. The van der Waals surface area contributed by atoms with Gasteiger partial charge in [-0.25, -0.2) is 0 Å². The molecule has 0 bridgehead atoms. The zero-order chi connectivity index (χ0) is 9.68. The van der Waals surface area contributed by atoms with E-state index in [9.17, 15) is 4.79 Å². The maximum atomic E-state index is 11.3. The third-order valence-electron chi connectivity index (χ3n) is 1.82. The van der Waals surface area contributed by atoms with E-state index < -0.39 is 6.10 Å². The number of rotatable bonds is 3. The molecule has 1 aromatic rings. The Bertz CT molecular complexity index is 272. The van der Waals surface area contributed by atoms with Crippen LogP contribution >= 0.6 is 0 Å². The largest absolute Gasteiger partial charge is 0.367 e. The molecule has 0 saturated heterocycles. The molecule has 0 aliphatic carbocycles. The minimum Gasteiger partial charge on any atom is -0.367 e. The summed E-state index contributed by atoms with van der Waals surface area (Å²) in [5.74, 6) is -0.131. The van der Waals surface area contributed by atoms with Crippen LogP contribution in [0.2, 0.25) is 0 Å². The summed E-state index contributed by atoms with van der Waals surface area (Å²) in [5, 5.41) is 2.55. The van der Waals surface area contributed by atoms with Gasteiger partial charge in [-0.05, 0) is 5.56 Å². The summed E-state index contributed by atoms with van der Waals surface area (Å²) in [4.78, 5) is 11.3. The lowest BCUT2D eigenvalue weighted by molar-refractivity contribution is -0.130. The van der Waals surface area contributed by atoms with Crippen LogP contribution in [0, 0.1) is 0 Å². The van der Waals surface area contributed by atoms with E-state index in [2.05, 4.69) is 5.32 Å². The zero-order valence-electron chi connectivity index (χ0n) is 7.78. The lowest BCUT2D eigenvalue weighted by atomic mass is 10.1. The lowest BCUT2D eigenvalue weighted by Gasteiger charge is -2.13. The third-order valence-corrected chi connectivity index (χ3v) is 1.82. The average Bonchev–Trinajstić information content (AvgIpc) is 2.20. The molecule has 3 heteroatoms. The first-order valence-electron chi connectivity index (χ1n) is 4.09. The van der Waals surface area contributed by atoms with Crippen LogP contribution in [-0.4, -0.2) is 20.1 Å². The average molecular weight is 179 g/mol. The van der Waals surface area contributed by atoms with Crippen molar-refractivity contribution < 1.29 is 9.53 Å². The number of carbonyl (C=O) groups is 1. The summed E-state index contributed by atoms with van der Waals surface area (Å²) in [6.07, 6.45) is -0.508. The van der Waals surface area contributed by atoms with Crippen LogP contribution in [0.5, 0.6) is 0 Å². The molecule has 3 nitrogen and oxygen atoms in total. The van der Waals surface area contributed by atoms with Crippen LogP contribution in [0.25, 0.3) is 0 Å². The van der Waals surface area contributed by atoms with Crippen molar-refractivity contribution in [3.63, 3.8) is 0 Å². The first-order chi connectivity index (χ1) is 6.29. The van der Waals surface area contributed by atoms with Crippen molar-refractivity contribution in [2.45, 2.75) is 6.10 Å². The predicted molar refractivity (Wildman–Crippen MR) is 50.3 cm³/mol. The molecule has 1 aromatic carbocycles. The molecule has 0 fully saturated rings. The zero-order valence-corrected chi connectivity index (χ0v) is 7.78. The van der Waals surface area contributed by atoms with Gasteiger partial charge in [0.1, 0.15) is 0 Å². The van der Waals surface area contributed by atoms with Crippen molar-refractivity contribution in [2.24, 2.45) is 0 Å². The molecular formula is C10H13NO2. The molecule has 0 radical (unpaired) electrons. The second-order valence-corrected chi connectivity index (χ2v) is 2.64. The Labute approximate surface area is 77.7 Å². The molecule has 1 N–H and O–H groups in total. The van der Waals surface area contributed by atoms with Gasteiger partial charge >= 0.3 is 0 Å². The van der Waals surface area contributed by atoms with Crippen molar-refractivity contribution in [3.8, 4) is 0 Å². The van der Waals surface area contributed by atoms with Crippen LogP contribution in [0.15, 0.2) is 30.3 Å². The number of hydrogen-bond donors (Lipinski definition) is 1. The van der Waals surface area contributed by atoms with E-state index in [1.165, 1.54) is 7.11 Å². The van der Waals surface area contributed by atoms with Crippen LogP contribution in [0.4, 0.5) is 0 Å². The first kappa shape index (κ1) is 9.74. The minimum atomic E-state index is -0.508. The molecule has 0 aromatic heterocycles. The van der Waals surface area contributed by atoms with Crippen LogP contribution in [0.3, 0.4) is 0 Å². The van der Waals surface area contributed by atoms with E-state index in [0.717, 1.165) is 5.56 Å². The van der Waals surface area contributed by atoms with Crippen molar-refractivity contribution in [1.29, 1.82) is 0 Å². The summed E-state index contributed by atoms with van der Waals surface area (Å²) in [6, 6.07) is 9.39. The van der Waals surface area contributed by atoms with Gasteiger partial charge in [0.2, 0.25) is 0 Å². The Hall–Kier alpha value is -1.35. The lowest BCUT2D eigenvalue weighted by Crippen LogP contribution is -2.26. The summed E-state index contributed by atoms with van der Waals surface area (Å²) in [7, 11) is 3.12. The second-order valence-electron chi connectivity index (χ2n) is 2.64. The molecular weight excluding hydrogens is 166 g/mol. The van der Waals surface area contributed by atoms with Gasteiger partial charge in [-0.2, -0.15) is 0 Å². The molecule has 0 unspecified atom stereocenters. The molecule has 13 heavy (non-hydrogen) atoms. The SMILES string of the molecule is CNC(=O)[C@@H](OC)c1ccccc1. The highest BCUT2D eigenvalue weighted by Gasteiger charge is 2.17. The quantitative estimate of drug-likeness (QED) is 0.755. The Morgan fingerprint density at radius 1 is 1.38 bits per heavy atom.